The van der Waals surface area contributed by atoms with Crippen molar-refractivity contribution in [3.8, 4) is 6.07 Å². The molecule has 0 aliphatic heterocycles. The predicted molar refractivity (Wildman–Crippen MR) is 58.0 cm³/mol. The van der Waals surface area contributed by atoms with Gasteiger partial charge >= 0.3 is 5.97 Å². The van der Waals surface area contributed by atoms with Gasteiger partial charge in [0, 0.05) is 0 Å². The molecule has 0 saturated carbocycles. The molecule has 1 rings (SSSR count). The summed E-state index contributed by atoms with van der Waals surface area (Å²) in [6.07, 6.45) is 0. The number of nitrogens with zero attached hydrogens (tertiary/aromatic N) is 1. The quantitative estimate of drug-likeness (QED) is 0.818. The number of esters is 1. The van der Waals surface area contributed by atoms with Crippen LogP contribution >= 0.6 is 11.6 Å². The Balaban J connectivity index is 3.23. The molecule has 0 radical (unpaired) electrons. The normalized spacial score (nSPS) is 9.62. The highest BCUT2D eigenvalue weighted by Crippen LogP contribution is 2.23. The molecular weight excluding hydrogens is 230 g/mol. The van der Waals surface area contributed by atoms with Crippen molar-refractivity contribution in [1.29, 1.82) is 5.26 Å². The van der Waals surface area contributed by atoms with Crippen LogP contribution in [-0.4, -0.2) is 17.7 Å². The van der Waals surface area contributed by atoms with Gasteiger partial charge in [-0.3, -0.25) is 0 Å². The van der Waals surface area contributed by atoms with Crippen LogP contribution in [0.25, 0.3) is 0 Å². The van der Waals surface area contributed by atoms with Crippen molar-refractivity contribution < 1.29 is 14.6 Å². The molecule has 0 fully saturated rings. The number of aliphatic hydroxyl groups excluding tert-OH is 1. The van der Waals surface area contributed by atoms with Crippen molar-refractivity contribution in [3.05, 3.63) is 33.8 Å². The first kappa shape index (κ1) is 12.5. The van der Waals surface area contributed by atoms with E-state index in [2.05, 4.69) is 0 Å². The van der Waals surface area contributed by atoms with Gasteiger partial charge in [-0.2, -0.15) is 5.26 Å². The lowest BCUT2D eigenvalue weighted by Crippen LogP contribution is -2.06. The molecule has 84 valence electrons. The Bertz CT molecular complexity index is 451. The zero-order valence-corrected chi connectivity index (χ0v) is 9.41. The average molecular weight is 240 g/mol. The Labute approximate surface area is 98.0 Å². The van der Waals surface area contributed by atoms with E-state index < -0.39 is 5.97 Å². The molecule has 0 atom stereocenters. The molecule has 0 unspecified atom stereocenters. The third-order valence-electron chi connectivity index (χ3n) is 1.95. The molecule has 5 heteroatoms. The largest absolute Gasteiger partial charge is 0.462 e. The number of aliphatic hydroxyl groups is 1. The molecule has 0 aromatic heterocycles. The number of carbonyl (C=O) groups excluding carboxylic acids is 1. The van der Waals surface area contributed by atoms with Crippen LogP contribution < -0.4 is 0 Å². The zero-order chi connectivity index (χ0) is 12.1. The lowest BCUT2D eigenvalue weighted by atomic mass is 10.1. The first-order valence-corrected chi connectivity index (χ1v) is 5.02. The number of rotatable bonds is 3. The van der Waals surface area contributed by atoms with E-state index in [1.54, 1.807) is 6.92 Å². The second-order valence-electron chi connectivity index (χ2n) is 2.99. The summed E-state index contributed by atoms with van der Waals surface area (Å²) in [5, 5.41) is 18.0. The molecule has 1 aromatic rings. The second-order valence-corrected chi connectivity index (χ2v) is 3.37. The second kappa shape index (κ2) is 5.50. The van der Waals surface area contributed by atoms with Gasteiger partial charge in [0.25, 0.3) is 0 Å². The van der Waals surface area contributed by atoms with Gasteiger partial charge in [0.2, 0.25) is 0 Å². The zero-order valence-electron chi connectivity index (χ0n) is 8.66. The van der Waals surface area contributed by atoms with Gasteiger partial charge in [-0.15, -0.1) is 0 Å². The number of hydrogen-bond donors (Lipinski definition) is 1. The minimum absolute atomic E-state index is 0.149. The number of halogens is 1. The summed E-state index contributed by atoms with van der Waals surface area (Å²) < 4.78 is 4.79. The van der Waals surface area contributed by atoms with E-state index in [1.165, 1.54) is 12.1 Å². The third kappa shape index (κ3) is 2.51. The van der Waals surface area contributed by atoms with Gasteiger partial charge in [0.15, 0.2) is 0 Å². The van der Waals surface area contributed by atoms with Crippen molar-refractivity contribution in [2.24, 2.45) is 0 Å². The van der Waals surface area contributed by atoms with Crippen LogP contribution in [0.15, 0.2) is 12.1 Å². The molecular formula is C11H10ClNO3. The molecule has 0 bridgehead atoms. The molecule has 0 aliphatic carbocycles. The highest BCUT2D eigenvalue weighted by atomic mass is 35.5. The molecule has 0 aliphatic rings. The molecule has 0 heterocycles. The van der Waals surface area contributed by atoms with Crippen LogP contribution in [0.5, 0.6) is 0 Å². The van der Waals surface area contributed by atoms with E-state index in [9.17, 15) is 4.79 Å². The average Bonchev–Trinajstić information content (AvgIpc) is 2.29. The van der Waals surface area contributed by atoms with Crippen molar-refractivity contribution in [3.63, 3.8) is 0 Å². The van der Waals surface area contributed by atoms with Crippen LogP contribution in [0.1, 0.15) is 28.4 Å². The lowest BCUT2D eigenvalue weighted by molar-refractivity contribution is 0.0526. The van der Waals surface area contributed by atoms with Crippen molar-refractivity contribution >= 4 is 17.6 Å². The summed E-state index contributed by atoms with van der Waals surface area (Å²) in [5.41, 5.74) is 0.701. The fraction of sp³-hybridized carbons (Fsp3) is 0.273. The summed E-state index contributed by atoms with van der Waals surface area (Å²) in [6, 6.07) is 4.62. The maximum Gasteiger partial charge on any atom is 0.338 e. The summed E-state index contributed by atoms with van der Waals surface area (Å²) in [5.74, 6) is -0.537. The van der Waals surface area contributed by atoms with E-state index in [4.69, 9.17) is 26.7 Å². The minimum atomic E-state index is -0.537. The van der Waals surface area contributed by atoms with E-state index in [0.717, 1.165) is 0 Å². The molecule has 4 nitrogen and oxygen atoms in total. The van der Waals surface area contributed by atoms with Crippen LogP contribution in [-0.2, 0) is 11.3 Å². The smallest absolute Gasteiger partial charge is 0.338 e. The highest BCUT2D eigenvalue weighted by Gasteiger charge is 2.13. The number of nitriles is 1. The number of benzene rings is 1. The monoisotopic (exact) mass is 239 g/mol. The Morgan fingerprint density at radius 1 is 1.62 bits per heavy atom. The Kier molecular flexibility index (Phi) is 4.29. The number of ether oxygens (including phenoxy) is 1. The van der Waals surface area contributed by atoms with Crippen molar-refractivity contribution in [1.82, 2.24) is 0 Å². The fourth-order valence-electron chi connectivity index (χ4n) is 1.21. The Morgan fingerprint density at radius 3 is 2.81 bits per heavy atom. The maximum absolute atomic E-state index is 11.4. The van der Waals surface area contributed by atoms with Crippen molar-refractivity contribution in [2.75, 3.05) is 6.61 Å². The SMILES string of the molecule is CCOC(=O)c1cc(C#N)c(Cl)c(CO)c1. The first-order valence-electron chi connectivity index (χ1n) is 4.64. The number of carbonyl (C=O) groups is 1. The van der Waals surface area contributed by atoms with Gasteiger partial charge in [-0.05, 0) is 24.6 Å². The molecule has 0 amide bonds. The van der Waals surface area contributed by atoms with Crippen LogP contribution in [0.3, 0.4) is 0 Å². The molecule has 1 N–H and O–H groups in total. The van der Waals surface area contributed by atoms with Crippen LogP contribution in [0, 0.1) is 11.3 Å². The lowest BCUT2D eigenvalue weighted by Gasteiger charge is -2.06. The summed E-state index contributed by atoms with van der Waals surface area (Å²) in [4.78, 5) is 11.4. The van der Waals surface area contributed by atoms with Gasteiger partial charge in [-0.1, -0.05) is 11.6 Å². The Hall–Kier alpha value is -1.57. The highest BCUT2D eigenvalue weighted by molar-refractivity contribution is 6.32. The molecule has 16 heavy (non-hydrogen) atoms. The van der Waals surface area contributed by atoms with E-state index >= 15 is 0 Å². The van der Waals surface area contributed by atoms with E-state index in [0.29, 0.717) is 5.56 Å². The van der Waals surface area contributed by atoms with Gasteiger partial charge in [0.05, 0.1) is 29.4 Å². The topological polar surface area (TPSA) is 70.3 Å². The van der Waals surface area contributed by atoms with E-state index in [-0.39, 0.29) is 29.4 Å². The molecule has 0 spiro atoms. The summed E-state index contributed by atoms with van der Waals surface area (Å²) >= 11 is 5.83. The summed E-state index contributed by atoms with van der Waals surface area (Å²) in [6.45, 7) is 1.60. The van der Waals surface area contributed by atoms with Gasteiger partial charge in [0.1, 0.15) is 6.07 Å². The predicted octanol–water partition coefficient (Wildman–Crippen LogP) is 1.88. The number of hydrogen-bond acceptors (Lipinski definition) is 4. The van der Waals surface area contributed by atoms with Crippen LogP contribution in [0.2, 0.25) is 5.02 Å². The van der Waals surface area contributed by atoms with E-state index in [1.807, 2.05) is 6.07 Å². The molecule has 0 saturated heterocycles. The Morgan fingerprint density at radius 2 is 2.31 bits per heavy atom. The summed E-state index contributed by atoms with van der Waals surface area (Å²) in [7, 11) is 0. The molecule has 1 aromatic carbocycles. The standard InChI is InChI=1S/C11H10ClNO3/c1-2-16-11(15)7-3-8(5-13)10(12)9(4-7)6-14/h3-4,14H,2,6H2,1H3. The van der Waals surface area contributed by atoms with Gasteiger partial charge < -0.3 is 9.84 Å². The maximum atomic E-state index is 11.4. The minimum Gasteiger partial charge on any atom is -0.462 e. The first-order chi connectivity index (χ1) is 7.63. The third-order valence-corrected chi connectivity index (χ3v) is 2.40. The van der Waals surface area contributed by atoms with Crippen molar-refractivity contribution in [2.45, 2.75) is 13.5 Å². The van der Waals surface area contributed by atoms with Crippen LogP contribution in [0.4, 0.5) is 0 Å². The fourth-order valence-corrected chi connectivity index (χ4v) is 1.42. The van der Waals surface area contributed by atoms with Gasteiger partial charge in [-0.25, -0.2) is 4.79 Å².